The minimum atomic E-state index is -0.458. The molecule has 1 fully saturated rings. The molecule has 0 N–H and O–H groups in total. The molecule has 0 saturated carbocycles. The number of benzene rings is 2. The van der Waals surface area contributed by atoms with Gasteiger partial charge < -0.3 is 9.64 Å². The van der Waals surface area contributed by atoms with Crippen LogP contribution in [0.2, 0.25) is 0 Å². The number of methoxy groups -OCH3 is 1. The maximum atomic E-state index is 13.1. The van der Waals surface area contributed by atoms with Crippen LogP contribution in [-0.2, 0) is 6.42 Å². The van der Waals surface area contributed by atoms with Crippen molar-refractivity contribution in [3.63, 3.8) is 0 Å². The first kappa shape index (κ1) is 22.4. The van der Waals surface area contributed by atoms with E-state index in [1.807, 2.05) is 17.0 Å². The highest BCUT2D eigenvalue weighted by Gasteiger charge is 2.27. The molecule has 1 aliphatic heterocycles. The molecule has 0 unspecified atom stereocenters. The molecule has 172 valence electrons. The molecule has 1 saturated heterocycles. The number of aryl methyl sites for hydroxylation is 1. The van der Waals surface area contributed by atoms with E-state index in [4.69, 9.17) is 4.74 Å². The van der Waals surface area contributed by atoms with Gasteiger partial charge in [-0.3, -0.25) is 14.9 Å². The summed E-state index contributed by atoms with van der Waals surface area (Å²) in [5.74, 6) is 1.30. The van der Waals surface area contributed by atoms with Crippen LogP contribution in [0.5, 0.6) is 5.75 Å². The highest BCUT2D eigenvalue weighted by molar-refractivity contribution is 5.93. The smallest absolute Gasteiger partial charge is 0.276 e. The Kier molecular flexibility index (Phi) is 6.67. The molecule has 9 heteroatoms. The molecule has 0 aliphatic carbocycles. The molecule has 4 rings (SSSR count). The fourth-order valence-corrected chi connectivity index (χ4v) is 4.25. The predicted molar refractivity (Wildman–Crippen MR) is 123 cm³/mol. The first-order chi connectivity index (χ1) is 16.0. The SMILES string of the molecule is COc1ccc(CCC2CCN(C(=O)c3nnn(-c4cccc([N+](=O)[O-])c4)c3C)CC2)cc1. The van der Waals surface area contributed by atoms with Crippen molar-refractivity contribution in [1.82, 2.24) is 19.9 Å². The number of nitro groups is 1. The number of carbonyl (C=O) groups is 1. The summed E-state index contributed by atoms with van der Waals surface area (Å²) in [6.45, 7) is 3.14. The molecule has 3 aromatic rings. The molecular weight excluding hydrogens is 422 g/mol. The minimum absolute atomic E-state index is 0.0352. The summed E-state index contributed by atoms with van der Waals surface area (Å²) < 4.78 is 6.68. The van der Waals surface area contributed by atoms with Crippen LogP contribution in [-0.4, -0.2) is 50.9 Å². The maximum absolute atomic E-state index is 13.1. The number of ether oxygens (including phenoxy) is 1. The Balaban J connectivity index is 1.35. The van der Waals surface area contributed by atoms with Gasteiger partial charge in [-0.2, -0.15) is 0 Å². The average Bonchev–Trinajstić information content (AvgIpc) is 3.24. The topological polar surface area (TPSA) is 103 Å². The van der Waals surface area contributed by atoms with Crippen LogP contribution in [0.3, 0.4) is 0 Å². The summed E-state index contributed by atoms with van der Waals surface area (Å²) in [5.41, 5.74) is 2.63. The maximum Gasteiger partial charge on any atom is 0.276 e. The second kappa shape index (κ2) is 9.81. The Morgan fingerprint density at radius 1 is 1.18 bits per heavy atom. The molecule has 0 bridgehead atoms. The van der Waals surface area contributed by atoms with Crippen molar-refractivity contribution in [2.75, 3.05) is 20.2 Å². The van der Waals surface area contributed by atoms with Gasteiger partial charge in [0.05, 0.1) is 23.4 Å². The largest absolute Gasteiger partial charge is 0.497 e. The molecule has 0 atom stereocenters. The van der Waals surface area contributed by atoms with Crippen LogP contribution in [0.15, 0.2) is 48.5 Å². The van der Waals surface area contributed by atoms with E-state index >= 15 is 0 Å². The second-order valence-corrected chi connectivity index (χ2v) is 8.33. The van der Waals surface area contributed by atoms with Crippen LogP contribution in [0.25, 0.3) is 5.69 Å². The van der Waals surface area contributed by atoms with Gasteiger partial charge in [0.2, 0.25) is 0 Å². The zero-order valence-electron chi connectivity index (χ0n) is 18.8. The zero-order valence-corrected chi connectivity index (χ0v) is 18.8. The molecule has 2 aromatic carbocycles. The van der Waals surface area contributed by atoms with Crippen LogP contribution in [0, 0.1) is 23.0 Å². The summed E-state index contributed by atoms with van der Waals surface area (Å²) >= 11 is 0. The van der Waals surface area contributed by atoms with Crippen LogP contribution >= 0.6 is 0 Å². The van der Waals surface area contributed by atoms with Crippen molar-refractivity contribution in [3.05, 3.63) is 75.6 Å². The number of likely N-dealkylation sites (tertiary alicyclic amines) is 1. The van der Waals surface area contributed by atoms with E-state index in [1.165, 1.54) is 22.4 Å². The van der Waals surface area contributed by atoms with Gasteiger partial charge in [0.25, 0.3) is 11.6 Å². The van der Waals surface area contributed by atoms with Gasteiger partial charge in [-0.15, -0.1) is 5.10 Å². The van der Waals surface area contributed by atoms with Crippen LogP contribution in [0.4, 0.5) is 5.69 Å². The van der Waals surface area contributed by atoms with Crippen molar-refractivity contribution >= 4 is 11.6 Å². The molecular formula is C24H27N5O4. The molecule has 1 aromatic heterocycles. The Hall–Kier alpha value is -3.75. The lowest BCUT2D eigenvalue weighted by atomic mass is 9.90. The number of nitrogens with zero attached hydrogens (tertiary/aromatic N) is 5. The van der Waals surface area contributed by atoms with E-state index in [2.05, 4.69) is 22.4 Å². The first-order valence-corrected chi connectivity index (χ1v) is 11.1. The number of carbonyl (C=O) groups excluding carboxylic acids is 1. The van der Waals surface area contributed by atoms with Gasteiger partial charge >= 0.3 is 0 Å². The fraction of sp³-hybridized carbons (Fsp3) is 0.375. The number of nitro benzene ring substituents is 1. The quantitative estimate of drug-likeness (QED) is 0.399. The monoisotopic (exact) mass is 449 g/mol. The lowest BCUT2D eigenvalue weighted by molar-refractivity contribution is -0.384. The van der Waals surface area contributed by atoms with E-state index in [1.54, 1.807) is 26.2 Å². The number of aromatic nitrogens is 3. The van der Waals surface area contributed by atoms with Crippen molar-refractivity contribution in [3.8, 4) is 11.4 Å². The summed E-state index contributed by atoms with van der Waals surface area (Å²) in [6, 6.07) is 14.3. The van der Waals surface area contributed by atoms with E-state index in [0.717, 1.165) is 31.4 Å². The molecule has 33 heavy (non-hydrogen) atoms. The summed E-state index contributed by atoms with van der Waals surface area (Å²) in [6.07, 6.45) is 4.02. The van der Waals surface area contributed by atoms with Gasteiger partial charge in [-0.1, -0.05) is 23.4 Å². The number of hydrogen-bond donors (Lipinski definition) is 0. The van der Waals surface area contributed by atoms with E-state index in [-0.39, 0.29) is 17.3 Å². The summed E-state index contributed by atoms with van der Waals surface area (Å²) in [5, 5.41) is 19.2. The van der Waals surface area contributed by atoms with E-state index in [0.29, 0.717) is 30.4 Å². The van der Waals surface area contributed by atoms with E-state index in [9.17, 15) is 14.9 Å². The second-order valence-electron chi connectivity index (χ2n) is 8.33. The van der Waals surface area contributed by atoms with Crippen LogP contribution in [0.1, 0.15) is 41.0 Å². The fourth-order valence-electron chi connectivity index (χ4n) is 4.25. The van der Waals surface area contributed by atoms with Crippen molar-refractivity contribution in [1.29, 1.82) is 0 Å². The van der Waals surface area contributed by atoms with Crippen molar-refractivity contribution < 1.29 is 14.5 Å². The normalized spacial score (nSPS) is 14.3. The lowest BCUT2D eigenvalue weighted by Gasteiger charge is -2.31. The number of piperidine rings is 1. The van der Waals surface area contributed by atoms with Crippen molar-refractivity contribution in [2.45, 2.75) is 32.6 Å². The molecule has 1 aliphatic rings. The minimum Gasteiger partial charge on any atom is -0.497 e. The molecule has 0 radical (unpaired) electrons. The van der Waals surface area contributed by atoms with Gasteiger partial charge in [0.1, 0.15) is 5.75 Å². The number of amides is 1. The number of rotatable bonds is 7. The first-order valence-electron chi connectivity index (χ1n) is 11.1. The van der Waals surface area contributed by atoms with Crippen molar-refractivity contribution in [2.24, 2.45) is 5.92 Å². The van der Waals surface area contributed by atoms with Gasteiger partial charge in [-0.05, 0) is 62.3 Å². The molecule has 2 heterocycles. The molecule has 1 amide bonds. The Morgan fingerprint density at radius 2 is 1.91 bits per heavy atom. The van der Waals surface area contributed by atoms with E-state index < -0.39 is 4.92 Å². The third-order valence-corrected chi connectivity index (χ3v) is 6.28. The third kappa shape index (κ3) is 5.02. The highest BCUT2D eigenvalue weighted by Crippen LogP contribution is 2.25. The Morgan fingerprint density at radius 3 is 2.58 bits per heavy atom. The lowest BCUT2D eigenvalue weighted by Crippen LogP contribution is -2.39. The molecule has 0 spiro atoms. The number of non-ortho nitro benzene ring substituents is 1. The highest BCUT2D eigenvalue weighted by atomic mass is 16.6. The third-order valence-electron chi connectivity index (χ3n) is 6.28. The summed E-state index contributed by atoms with van der Waals surface area (Å²) in [4.78, 5) is 25.5. The zero-order chi connectivity index (χ0) is 23.4. The predicted octanol–water partition coefficient (Wildman–Crippen LogP) is 3.98. The van der Waals surface area contributed by atoms with Gasteiger partial charge in [0, 0.05) is 25.2 Å². The average molecular weight is 450 g/mol. The Labute approximate surface area is 192 Å². The summed E-state index contributed by atoms with van der Waals surface area (Å²) in [7, 11) is 1.67. The van der Waals surface area contributed by atoms with Crippen LogP contribution < -0.4 is 4.74 Å². The molecule has 9 nitrogen and oxygen atoms in total. The standard InChI is InChI=1S/C24H27N5O4/c1-17-23(25-26-28(17)20-4-3-5-21(16-20)29(31)32)24(30)27-14-12-19(13-15-27)7-6-18-8-10-22(33-2)11-9-18/h3-5,8-11,16,19H,6-7,12-15H2,1-2H3. The number of hydrogen-bond acceptors (Lipinski definition) is 6. The Bertz CT molecular complexity index is 1130. The van der Waals surface area contributed by atoms with Gasteiger partial charge in [0.15, 0.2) is 5.69 Å². The van der Waals surface area contributed by atoms with Gasteiger partial charge in [-0.25, -0.2) is 4.68 Å².